The Balaban J connectivity index is 2.29. The van der Waals surface area contributed by atoms with E-state index < -0.39 is 11.9 Å². The Kier molecular flexibility index (Phi) is 4.56. The number of carbonyl (C=O) groups excluding carboxylic acids is 1. The SMILES string of the molecule is CCOc1ccccc1C(=O)Nc1ccccc1C(=O)O. The van der Waals surface area contributed by atoms with E-state index in [0.717, 1.165) is 0 Å². The zero-order valence-electron chi connectivity index (χ0n) is 11.5. The molecule has 0 unspecified atom stereocenters. The van der Waals surface area contributed by atoms with Gasteiger partial charge in [-0.3, -0.25) is 4.79 Å². The molecule has 1 amide bonds. The predicted molar refractivity (Wildman–Crippen MR) is 79.0 cm³/mol. The van der Waals surface area contributed by atoms with E-state index >= 15 is 0 Å². The lowest BCUT2D eigenvalue weighted by atomic mass is 10.1. The molecule has 2 aromatic rings. The zero-order valence-corrected chi connectivity index (χ0v) is 11.5. The summed E-state index contributed by atoms with van der Waals surface area (Å²) in [5, 5.41) is 11.7. The Bertz CT molecular complexity index is 667. The average molecular weight is 285 g/mol. The van der Waals surface area contributed by atoms with Crippen LogP contribution in [0.5, 0.6) is 5.75 Å². The monoisotopic (exact) mass is 285 g/mol. The average Bonchev–Trinajstić information content (AvgIpc) is 2.48. The molecule has 0 radical (unpaired) electrons. The molecule has 0 aliphatic carbocycles. The van der Waals surface area contributed by atoms with Crippen LogP contribution in [-0.4, -0.2) is 23.6 Å². The molecule has 2 N–H and O–H groups in total. The number of anilines is 1. The molecule has 0 spiro atoms. The van der Waals surface area contributed by atoms with Gasteiger partial charge in [-0.05, 0) is 31.2 Å². The second-order valence-electron chi connectivity index (χ2n) is 4.23. The van der Waals surface area contributed by atoms with Gasteiger partial charge in [0.15, 0.2) is 0 Å². The van der Waals surface area contributed by atoms with Crippen LogP contribution >= 0.6 is 0 Å². The highest BCUT2D eigenvalue weighted by atomic mass is 16.5. The van der Waals surface area contributed by atoms with E-state index in [4.69, 9.17) is 9.84 Å². The standard InChI is InChI=1S/C16H15NO4/c1-2-21-14-10-6-4-8-12(14)15(18)17-13-9-5-3-7-11(13)16(19)20/h3-10H,2H2,1H3,(H,17,18)(H,19,20). The molecule has 0 fully saturated rings. The van der Waals surface area contributed by atoms with Gasteiger partial charge >= 0.3 is 5.97 Å². The Morgan fingerprint density at radius 1 is 1.05 bits per heavy atom. The molecule has 21 heavy (non-hydrogen) atoms. The van der Waals surface area contributed by atoms with Gasteiger partial charge in [0.2, 0.25) is 0 Å². The Morgan fingerprint density at radius 2 is 1.67 bits per heavy atom. The van der Waals surface area contributed by atoms with Crippen molar-refractivity contribution in [2.75, 3.05) is 11.9 Å². The van der Waals surface area contributed by atoms with Gasteiger partial charge in [0, 0.05) is 0 Å². The maximum Gasteiger partial charge on any atom is 0.337 e. The van der Waals surface area contributed by atoms with Gasteiger partial charge in [-0.25, -0.2) is 4.79 Å². The molecule has 0 bridgehead atoms. The van der Waals surface area contributed by atoms with Gasteiger partial charge in [0.1, 0.15) is 5.75 Å². The highest BCUT2D eigenvalue weighted by molar-refractivity contribution is 6.09. The number of carboxylic acid groups (broad SMARTS) is 1. The minimum atomic E-state index is -1.09. The summed E-state index contributed by atoms with van der Waals surface area (Å²) in [5.41, 5.74) is 0.653. The maximum absolute atomic E-state index is 12.3. The number of para-hydroxylation sites is 2. The number of ether oxygens (including phenoxy) is 1. The van der Waals surface area contributed by atoms with E-state index in [1.54, 1.807) is 42.5 Å². The first kappa shape index (κ1) is 14.6. The Hall–Kier alpha value is -2.82. The molecule has 0 aromatic heterocycles. The first-order valence-corrected chi connectivity index (χ1v) is 6.49. The molecule has 5 heteroatoms. The topological polar surface area (TPSA) is 75.6 Å². The van der Waals surface area contributed by atoms with Gasteiger partial charge < -0.3 is 15.2 Å². The number of hydrogen-bond acceptors (Lipinski definition) is 3. The lowest BCUT2D eigenvalue weighted by Crippen LogP contribution is -2.16. The minimum absolute atomic E-state index is 0.0414. The van der Waals surface area contributed by atoms with Crippen molar-refractivity contribution in [3.05, 3.63) is 59.7 Å². The lowest BCUT2D eigenvalue weighted by Gasteiger charge is -2.11. The number of hydrogen-bond donors (Lipinski definition) is 2. The summed E-state index contributed by atoms with van der Waals surface area (Å²) in [5.74, 6) is -1.04. The van der Waals surface area contributed by atoms with E-state index in [9.17, 15) is 9.59 Å². The van der Waals surface area contributed by atoms with Crippen LogP contribution in [0.3, 0.4) is 0 Å². The third kappa shape index (κ3) is 3.39. The van der Waals surface area contributed by atoms with E-state index in [2.05, 4.69) is 5.32 Å². The van der Waals surface area contributed by atoms with E-state index in [1.165, 1.54) is 6.07 Å². The van der Waals surface area contributed by atoms with Crippen molar-refractivity contribution >= 4 is 17.6 Å². The molecule has 2 rings (SSSR count). The van der Waals surface area contributed by atoms with Gasteiger partial charge in [-0.2, -0.15) is 0 Å². The molecule has 5 nitrogen and oxygen atoms in total. The third-order valence-corrected chi connectivity index (χ3v) is 2.84. The minimum Gasteiger partial charge on any atom is -0.493 e. The van der Waals surface area contributed by atoms with E-state index in [1.807, 2.05) is 6.92 Å². The van der Waals surface area contributed by atoms with Crippen LogP contribution in [0.4, 0.5) is 5.69 Å². The molecule has 0 atom stereocenters. The highest BCUT2D eigenvalue weighted by Gasteiger charge is 2.15. The van der Waals surface area contributed by atoms with Crippen LogP contribution in [0.1, 0.15) is 27.6 Å². The van der Waals surface area contributed by atoms with Gasteiger partial charge in [-0.15, -0.1) is 0 Å². The molecule has 0 saturated carbocycles. The fraction of sp³-hybridized carbons (Fsp3) is 0.125. The van der Waals surface area contributed by atoms with Crippen LogP contribution in [0.25, 0.3) is 0 Å². The highest BCUT2D eigenvalue weighted by Crippen LogP contribution is 2.21. The molecule has 0 heterocycles. The molecular weight excluding hydrogens is 270 g/mol. The van der Waals surface area contributed by atoms with Crippen LogP contribution < -0.4 is 10.1 Å². The third-order valence-electron chi connectivity index (χ3n) is 2.84. The summed E-state index contributed by atoms with van der Waals surface area (Å²) in [6.45, 7) is 2.27. The number of aromatic carboxylic acids is 1. The fourth-order valence-corrected chi connectivity index (χ4v) is 1.90. The fourth-order valence-electron chi connectivity index (χ4n) is 1.90. The van der Waals surface area contributed by atoms with Crippen molar-refractivity contribution in [2.24, 2.45) is 0 Å². The smallest absolute Gasteiger partial charge is 0.337 e. The number of nitrogens with one attached hydrogen (secondary N) is 1. The first-order chi connectivity index (χ1) is 10.1. The summed E-state index contributed by atoms with van der Waals surface area (Å²) >= 11 is 0. The van der Waals surface area contributed by atoms with Crippen molar-refractivity contribution in [1.82, 2.24) is 0 Å². The maximum atomic E-state index is 12.3. The molecule has 0 aliphatic rings. The quantitative estimate of drug-likeness (QED) is 0.885. The van der Waals surface area contributed by atoms with Crippen molar-refractivity contribution < 1.29 is 19.4 Å². The van der Waals surface area contributed by atoms with Crippen molar-refractivity contribution in [3.63, 3.8) is 0 Å². The molecule has 0 aliphatic heterocycles. The van der Waals surface area contributed by atoms with Crippen LogP contribution in [0.2, 0.25) is 0 Å². The van der Waals surface area contributed by atoms with Gasteiger partial charge in [0.25, 0.3) is 5.91 Å². The summed E-state index contributed by atoms with van der Waals surface area (Å²) in [6, 6.07) is 13.1. The van der Waals surface area contributed by atoms with Crippen molar-refractivity contribution in [1.29, 1.82) is 0 Å². The summed E-state index contributed by atoms with van der Waals surface area (Å²) in [7, 11) is 0. The van der Waals surface area contributed by atoms with Crippen LogP contribution in [0, 0.1) is 0 Å². The summed E-state index contributed by atoms with van der Waals surface area (Å²) in [6.07, 6.45) is 0. The summed E-state index contributed by atoms with van der Waals surface area (Å²) < 4.78 is 5.40. The molecule has 0 saturated heterocycles. The second-order valence-corrected chi connectivity index (χ2v) is 4.23. The zero-order chi connectivity index (χ0) is 15.2. The number of amides is 1. The number of carbonyl (C=O) groups is 2. The summed E-state index contributed by atoms with van der Waals surface area (Å²) in [4.78, 5) is 23.4. The second kappa shape index (κ2) is 6.56. The van der Waals surface area contributed by atoms with E-state index in [-0.39, 0.29) is 11.3 Å². The molecular formula is C16H15NO4. The van der Waals surface area contributed by atoms with Crippen LogP contribution in [0.15, 0.2) is 48.5 Å². The van der Waals surface area contributed by atoms with Crippen molar-refractivity contribution in [2.45, 2.75) is 6.92 Å². The Labute approximate surface area is 122 Å². The van der Waals surface area contributed by atoms with E-state index in [0.29, 0.717) is 17.9 Å². The number of carboxylic acids is 1. The molecule has 2 aromatic carbocycles. The van der Waals surface area contributed by atoms with Crippen LogP contribution in [-0.2, 0) is 0 Å². The molecule has 108 valence electrons. The number of rotatable bonds is 5. The normalized spacial score (nSPS) is 9.95. The Morgan fingerprint density at radius 3 is 2.33 bits per heavy atom. The number of benzene rings is 2. The van der Waals surface area contributed by atoms with Gasteiger partial charge in [-0.1, -0.05) is 24.3 Å². The largest absolute Gasteiger partial charge is 0.493 e. The first-order valence-electron chi connectivity index (χ1n) is 6.49. The van der Waals surface area contributed by atoms with Gasteiger partial charge in [0.05, 0.1) is 23.4 Å². The van der Waals surface area contributed by atoms with Crippen molar-refractivity contribution in [3.8, 4) is 5.75 Å². The predicted octanol–water partition coefficient (Wildman–Crippen LogP) is 3.04. The lowest BCUT2D eigenvalue weighted by molar-refractivity contribution is 0.0698.